The highest BCUT2D eigenvalue weighted by Gasteiger charge is 2.39. The highest BCUT2D eigenvalue weighted by molar-refractivity contribution is 7.89. The molecule has 1 saturated heterocycles. The minimum absolute atomic E-state index is 0.0205. The normalized spacial score (nSPS) is 18.4. The summed E-state index contributed by atoms with van der Waals surface area (Å²) in [6.07, 6.45) is 3.04. The number of carbonyl (C=O) groups excluding carboxylic acids is 1. The van der Waals surface area contributed by atoms with E-state index in [1.54, 1.807) is 0 Å². The van der Waals surface area contributed by atoms with Crippen LogP contribution in [0.5, 0.6) is 0 Å². The van der Waals surface area contributed by atoms with Crippen LogP contribution in [0.2, 0.25) is 0 Å². The number of carbonyl (C=O) groups is 1. The van der Waals surface area contributed by atoms with Crippen LogP contribution in [0.1, 0.15) is 24.0 Å². The summed E-state index contributed by atoms with van der Waals surface area (Å²) in [6, 6.07) is 12.3. The van der Waals surface area contributed by atoms with E-state index in [1.807, 2.05) is 6.07 Å². The third-order valence-corrected chi connectivity index (χ3v) is 9.35. The van der Waals surface area contributed by atoms with E-state index in [9.17, 15) is 17.6 Å². The number of thiazole rings is 1. The predicted molar refractivity (Wildman–Crippen MR) is 126 cm³/mol. The molecule has 0 saturated carbocycles. The van der Waals surface area contributed by atoms with Crippen LogP contribution in [0.15, 0.2) is 53.4 Å². The molecule has 3 aromatic carbocycles. The maximum Gasteiger partial charge on any atom is 0.244 e. The van der Waals surface area contributed by atoms with Crippen molar-refractivity contribution in [2.24, 2.45) is 0 Å². The third-order valence-electron chi connectivity index (χ3n) is 6.51. The zero-order valence-corrected chi connectivity index (χ0v) is 19.2. The van der Waals surface area contributed by atoms with Crippen molar-refractivity contribution in [2.75, 3.05) is 11.9 Å². The van der Waals surface area contributed by atoms with Gasteiger partial charge in [0.05, 0.1) is 15.1 Å². The number of fused-ring (bicyclic) bond motifs is 2. The number of hydrogen-bond acceptors (Lipinski definition) is 5. The Bertz CT molecular complexity index is 1530. The van der Waals surface area contributed by atoms with Crippen LogP contribution in [0.3, 0.4) is 0 Å². The molecule has 9 heteroatoms. The summed E-state index contributed by atoms with van der Waals surface area (Å²) in [5.41, 5.74) is 3.50. The minimum atomic E-state index is -3.91. The summed E-state index contributed by atoms with van der Waals surface area (Å²) < 4.78 is 41.6. The molecule has 1 aliphatic carbocycles. The lowest BCUT2D eigenvalue weighted by molar-refractivity contribution is -0.119. The topological polar surface area (TPSA) is 79.4 Å². The fourth-order valence-corrected chi connectivity index (χ4v) is 7.59. The number of aryl methyl sites for hydroxylation is 2. The Hall–Kier alpha value is -2.88. The van der Waals surface area contributed by atoms with E-state index in [0.717, 1.165) is 40.6 Å². The number of sulfonamides is 1. The fraction of sp³-hybridized carbons (Fsp3) is 0.250. The van der Waals surface area contributed by atoms with Crippen molar-refractivity contribution in [3.63, 3.8) is 0 Å². The molecule has 1 unspecified atom stereocenters. The van der Waals surface area contributed by atoms with Crippen molar-refractivity contribution in [3.05, 3.63) is 65.5 Å². The van der Waals surface area contributed by atoms with Gasteiger partial charge in [0.25, 0.3) is 0 Å². The van der Waals surface area contributed by atoms with Crippen LogP contribution in [0, 0.1) is 5.82 Å². The largest absolute Gasteiger partial charge is 0.301 e. The first-order chi connectivity index (χ1) is 15.9. The average molecular weight is 482 g/mol. The highest BCUT2D eigenvalue weighted by Crippen LogP contribution is 2.39. The van der Waals surface area contributed by atoms with Crippen molar-refractivity contribution < 1.29 is 17.6 Å². The molecule has 1 atom stereocenters. The smallest absolute Gasteiger partial charge is 0.244 e. The molecule has 6 rings (SSSR count). The number of aromatic nitrogens is 1. The molecule has 2 aliphatic rings. The number of amides is 1. The first-order valence-corrected chi connectivity index (χ1v) is 13.1. The SMILES string of the molecule is O=C(Nc1nc2c(cc3c4c(cccc42)CC3)s1)C1CCCN1S(=O)(=O)c1ccc(F)cc1. The second-order valence-electron chi connectivity index (χ2n) is 8.46. The van der Waals surface area contributed by atoms with Gasteiger partial charge >= 0.3 is 0 Å². The molecule has 0 spiro atoms. The van der Waals surface area contributed by atoms with Crippen LogP contribution in [0.4, 0.5) is 9.52 Å². The minimum Gasteiger partial charge on any atom is -0.301 e. The van der Waals surface area contributed by atoms with Gasteiger partial charge in [-0.1, -0.05) is 29.5 Å². The summed E-state index contributed by atoms with van der Waals surface area (Å²) in [5.74, 6) is -0.905. The first kappa shape index (κ1) is 20.7. The zero-order valence-electron chi connectivity index (χ0n) is 17.5. The summed E-state index contributed by atoms with van der Waals surface area (Å²) in [7, 11) is -3.91. The Kier molecular flexibility index (Phi) is 4.76. The molecule has 1 aromatic heterocycles. The van der Waals surface area contributed by atoms with Crippen LogP contribution >= 0.6 is 11.3 Å². The Morgan fingerprint density at radius 2 is 1.91 bits per heavy atom. The Labute approximate surface area is 194 Å². The van der Waals surface area contributed by atoms with E-state index in [-0.39, 0.29) is 11.4 Å². The average Bonchev–Trinajstić information content (AvgIpc) is 3.53. The first-order valence-electron chi connectivity index (χ1n) is 10.8. The van der Waals surface area contributed by atoms with Crippen molar-refractivity contribution in [2.45, 2.75) is 36.6 Å². The van der Waals surface area contributed by atoms with Crippen LogP contribution in [-0.4, -0.2) is 36.2 Å². The zero-order chi connectivity index (χ0) is 22.7. The standard InChI is InChI=1S/C24H20FN3O3S2/c25-16-8-10-17(11-9-16)33(30,31)28-12-2-5-19(28)23(29)27-24-26-22-18-4-1-3-14-6-7-15(21(14)18)13-20(22)32-24/h1,3-4,8-11,13,19H,2,5-7,12H2,(H,26,27,29). The Balaban J connectivity index is 1.30. The number of rotatable bonds is 4. The molecule has 1 amide bonds. The van der Waals surface area contributed by atoms with Gasteiger partial charge < -0.3 is 5.32 Å². The molecule has 6 nitrogen and oxygen atoms in total. The van der Waals surface area contributed by atoms with Gasteiger partial charge in [-0.3, -0.25) is 4.79 Å². The van der Waals surface area contributed by atoms with Gasteiger partial charge in [-0.25, -0.2) is 17.8 Å². The van der Waals surface area contributed by atoms with Crippen LogP contribution in [-0.2, 0) is 27.7 Å². The van der Waals surface area contributed by atoms with Crippen LogP contribution < -0.4 is 5.32 Å². The Morgan fingerprint density at radius 3 is 2.73 bits per heavy atom. The maximum atomic E-state index is 13.3. The van der Waals surface area contributed by atoms with Gasteiger partial charge in [0.1, 0.15) is 11.9 Å². The number of benzene rings is 3. The summed E-state index contributed by atoms with van der Waals surface area (Å²) in [6.45, 7) is 0.244. The van der Waals surface area contributed by atoms with E-state index in [2.05, 4.69) is 23.5 Å². The molecule has 1 aliphatic heterocycles. The van der Waals surface area contributed by atoms with Gasteiger partial charge in [0, 0.05) is 11.9 Å². The number of nitrogens with one attached hydrogen (secondary N) is 1. The number of halogens is 1. The summed E-state index contributed by atoms with van der Waals surface area (Å²) in [5, 5.41) is 5.68. The summed E-state index contributed by atoms with van der Waals surface area (Å²) >= 11 is 1.41. The molecule has 33 heavy (non-hydrogen) atoms. The van der Waals surface area contributed by atoms with Crippen molar-refractivity contribution >= 4 is 53.4 Å². The predicted octanol–water partition coefficient (Wildman–Crippen LogP) is 4.48. The molecule has 2 heterocycles. The Morgan fingerprint density at radius 1 is 1.12 bits per heavy atom. The lowest BCUT2D eigenvalue weighted by Crippen LogP contribution is -2.43. The van der Waals surface area contributed by atoms with Gasteiger partial charge in [0.15, 0.2) is 5.13 Å². The van der Waals surface area contributed by atoms with Gasteiger partial charge in [0.2, 0.25) is 15.9 Å². The number of hydrogen-bond donors (Lipinski definition) is 1. The molecule has 168 valence electrons. The van der Waals surface area contributed by atoms with Gasteiger partial charge in [-0.2, -0.15) is 4.31 Å². The molecule has 0 bridgehead atoms. The third kappa shape index (κ3) is 3.34. The number of nitrogens with zero attached hydrogens (tertiary/aromatic N) is 2. The molecule has 4 aromatic rings. The van der Waals surface area contributed by atoms with Crippen molar-refractivity contribution in [3.8, 4) is 0 Å². The quantitative estimate of drug-likeness (QED) is 0.466. The fourth-order valence-electron chi connectivity index (χ4n) is 4.98. The van der Waals surface area contributed by atoms with Gasteiger partial charge in [-0.05, 0) is 72.5 Å². The van der Waals surface area contributed by atoms with Crippen LogP contribution in [0.25, 0.3) is 21.0 Å². The lowest BCUT2D eigenvalue weighted by Gasteiger charge is -2.23. The second-order valence-corrected chi connectivity index (χ2v) is 11.4. The molecule has 1 fully saturated rings. The van der Waals surface area contributed by atoms with E-state index >= 15 is 0 Å². The molecule has 0 radical (unpaired) electrons. The second kappa shape index (κ2) is 7.58. The van der Waals surface area contributed by atoms with E-state index in [0.29, 0.717) is 18.0 Å². The van der Waals surface area contributed by atoms with E-state index in [4.69, 9.17) is 4.98 Å². The monoisotopic (exact) mass is 481 g/mol. The molecular weight excluding hydrogens is 461 g/mol. The number of anilines is 1. The van der Waals surface area contributed by atoms with E-state index in [1.165, 1.54) is 44.3 Å². The highest BCUT2D eigenvalue weighted by atomic mass is 32.2. The molecule has 1 N–H and O–H groups in total. The summed E-state index contributed by atoms with van der Waals surface area (Å²) in [4.78, 5) is 17.8. The van der Waals surface area contributed by atoms with Crippen molar-refractivity contribution in [1.29, 1.82) is 0 Å². The molecular formula is C24H20FN3O3S2. The van der Waals surface area contributed by atoms with Crippen molar-refractivity contribution in [1.82, 2.24) is 9.29 Å². The van der Waals surface area contributed by atoms with E-state index < -0.39 is 27.8 Å². The lowest BCUT2D eigenvalue weighted by atomic mass is 10.0. The maximum absolute atomic E-state index is 13.3. The van der Waals surface area contributed by atoms with Gasteiger partial charge in [-0.15, -0.1) is 0 Å².